The summed E-state index contributed by atoms with van der Waals surface area (Å²) in [7, 11) is 0. The van der Waals surface area contributed by atoms with Gasteiger partial charge in [0.15, 0.2) is 0 Å². The van der Waals surface area contributed by atoms with Crippen LogP contribution in [0.4, 0.5) is 14.5 Å². The lowest BCUT2D eigenvalue weighted by molar-refractivity contribution is 0.0572. The van der Waals surface area contributed by atoms with Gasteiger partial charge in [0.2, 0.25) is 0 Å². The van der Waals surface area contributed by atoms with Gasteiger partial charge in [-0.3, -0.25) is 0 Å². The number of nitrogens with zero attached hydrogens (tertiary/aromatic N) is 1. The molecular weight excluding hydrogens is 278 g/mol. The number of nitrogens with one attached hydrogen (secondary N) is 1. The van der Waals surface area contributed by atoms with Gasteiger partial charge in [-0.05, 0) is 38.5 Å². The number of aliphatic hydroxyl groups is 2. The highest BCUT2D eigenvalue weighted by Gasteiger charge is 2.32. The second-order valence-electron chi connectivity index (χ2n) is 6.55. The van der Waals surface area contributed by atoms with E-state index in [1.165, 1.54) is 17.0 Å². The van der Waals surface area contributed by atoms with Gasteiger partial charge in [-0.25, -0.2) is 8.78 Å². The summed E-state index contributed by atoms with van der Waals surface area (Å²) in [5.74, 6) is -1.36. The van der Waals surface area contributed by atoms with Gasteiger partial charge >= 0.3 is 0 Å². The molecule has 0 radical (unpaired) electrons. The van der Waals surface area contributed by atoms with Crippen molar-refractivity contribution in [1.82, 2.24) is 5.32 Å². The predicted molar refractivity (Wildman–Crippen MR) is 77.2 cm³/mol. The smallest absolute Gasteiger partial charge is 0.149 e. The Morgan fingerprint density at radius 2 is 1.62 bits per heavy atom. The maximum absolute atomic E-state index is 14.2. The highest BCUT2D eigenvalue weighted by atomic mass is 19.1. The molecule has 2 atom stereocenters. The first-order chi connectivity index (χ1) is 9.67. The normalized spacial score (nSPS) is 22.9. The van der Waals surface area contributed by atoms with Crippen LogP contribution in [-0.4, -0.2) is 41.0 Å². The van der Waals surface area contributed by atoms with Crippen LogP contribution < -0.4 is 10.2 Å². The summed E-state index contributed by atoms with van der Waals surface area (Å²) in [4.78, 5) is 1.33. The van der Waals surface area contributed by atoms with Crippen molar-refractivity contribution >= 4 is 5.69 Å². The molecule has 1 aliphatic rings. The molecule has 0 saturated carbocycles. The highest BCUT2D eigenvalue weighted by Crippen LogP contribution is 2.28. The number of halogens is 2. The topological polar surface area (TPSA) is 55.7 Å². The van der Waals surface area contributed by atoms with Crippen molar-refractivity contribution in [3.05, 3.63) is 29.3 Å². The Morgan fingerprint density at radius 1 is 1.14 bits per heavy atom. The number of anilines is 1. The Balaban J connectivity index is 2.18. The standard InChI is InChI=1S/C15H22F2N2O2/c1-15(2,3)18-6-9-4-10(16)14(11(17)5-9)19-7-12(20)13(21)8-19/h4-5,12-13,18,20-21H,6-8H2,1-3H3. The van der Waals surface area contributed by atoms with Gasteiger partial charge < -0.3 is 20.4 Å². The van der Waals surface area contributed by atoms with Crippen LogP contribution in [0.5, 0.6) is 0 Å². The second-order valence-corrected chi connectivity index (χ2v) is 6.55. The molecule has 1 aromatic carbocycles. The first kappa shape index (κ1) is 16.1. The average Bonchev–Trinajstić information content (AvgIpc) is 2.65. The molecule has 1 heterocycles. The Bertz CT molecular complexity index is 484. The number of benzene rings is 1. The Kier molecular flexibility index (Phi) is 4.51. The Labute approximate surface area is 123 Å². The molecule has 1 aromatic rings. The van der Waals surface area contributed by atoms with E-state index in [0.717, 1.165) is 0 Å². The van der Waals surface area contributed by atoms with Gasteiger partial charge in [0.1, 0.15) is 17.3 Å². The third-order valence-corrected chi connectivity index (χ3v) is 3.47. The van der Waals surface area contributed by atoms with Gasteiger partial charge in [0.25, 0.3) is 0 Å². The van der Waals surface area contributed by atoms with Gasteiger partial charge in [0.05, 0.1) is 12.2 Å². The molecule has 6 heteroatoms. The van der Waals surface area contributed by atoms with E-state index in [9.17, 15) is 19.0 Å². The van der Waals surface area contributed by atoms with E-state index in [-0.39, 0.29) is 24.3 Å². The molecule has 1 aliphatic heterocycles. The minimum Gasteiger partial charge on any atom is -0.389 e. The monoisotopic (exact) mass is 300 g/mol. The van der Waals surface area contributed by atoms with E-state index in [2.05, 4.69) is 5.32 Å². The lowest BCUT2D eigenvalue weighted by atomic mass is 10.1. The van der Waals surface area contributed by atoms with Crippen LogP contribution in [0.2, 0.25) is 0 Å². The molecule has 4 nitrogen and oxygen atoms in total. The molecule has 0 aliphatic carbocycles. The van der Waals surface area contributed by atoms with Crippen LogP contribution in [-0.2, 0) is 6.54 Å². The lowest BCUT2D eigenvalue weighted by Gasteiger charge is -2.22. The van der Waals surface area contributed by atoms with Crippen LogP contribution in [0.1, 0.15) is 26.3 Å². The van der Waals surface area contributed by atoms with E-state index >= 15 is 0 Å². The van der Waals surface area contributed by atoms with Gasteiger partial charge in [0, 0.05) is 25.2 Å². The number of aliphatic hydroxyl groups excluding tert-OH is 2. The average molecular weight is 300 g/mol. The SMILES string of the molecule is CC(C)(C)NCc1cc(F)c(N2CC(O)C(O)C2)c(F)c1. The Hall–Kier alpha value is -1.24. The third kappa shape index (κ3) is 3.90. The summed E-state index contributed by atoms with van der Waals surface area (Å²) in [6.07, 6.45) is -1.96. The third-order valence-electron chi connectivity index (χ3n) is 3.47. The molecule has 118 valence electrons. The van der Waals surface area contributed by atoms with Crippen molar-refractivity contribution < 1.29 is 19.0 Å². The number of hydrogen-bond donors (Lipinski definition) is 3. The minimum atomic E-state index is -0.981. The first-order valence-electron chi connectivity index (χ1n) is 7.01. The zero-order chi connectivity index (χ0) is 15.8. The predicted octanol–water partition coefficient (Wildman–Crippen LogP) is 1.39. The van der Waals surface area contributed by atoms with E-state index in [1.807, 2.05) is 20.8 Å². The number of hydrogen-bond acceptors (Lipinski definition) is 4. The highest BCUT2D eigenvalue weighted by molar-refractivity contribution is 5.52. The van der Waals surface area contributed by atoms with Crippen molar-refractivity contribution in [3.63, 3.8) is 0 Å². The summed E-state index contributed by atoms with van der Waals surface area (Å²) in [5.41, 5.74) is 0.184. The first-order valence-corrected chi connectivity index (χ1v) is 7.01. The largest absolute Gasteiger partial charge is 0.389 e. The fourth-order valence-corrected chi connectivity index (χ4v) is 2.34. The number of rotatable bonds is 3. The van der Waals surface area contributed by atoms with E-state index in [1.54, 1.807) is 0 Å². The minimum absolute atomic E-state index is 0.0224. The molecule has 2 unspecified atom stereocenters. The fourth-order valence-electron chi connectivity index (χ4n) is 2.34. The van der Waals surface area contributed by atoms with Gasteiger partial charge in [-0.15, -0.1) is 0 Å². The molecule has 3 N–H and O–H groups in total. The Morgan fingerprint density at radius 3 is 2.05 bits per heavy atom. The van der Waals surface area contributed by atoms with E-state index in [0.29, 0.717) is 12.1 Å². The summed E-state index contributed by atoms with van der Waals surface area (Å²) < 4.78 is 28.3. The van der Waals surface area contributed by atoms with Crippen molar-refractivity contribution in [3.8, 4) is 0 Å². The molecule has 1 saturated heterocycles. The fraction of sp³-hybridized carbons (Fsp3) is 0.600. The van der Waals surface area contributed by atoms with Crippen LogP contribution in [0.3, 0.4) is 0 Å². The van der Waals surface area contributed by atoms with Crippen molar-refractivity contribution in [2.24, 2.45) is 0 Å². The van der Waals surface area contributed by atoms with Crippen LogP contribution >= 0.6 is 0 Å². The van der Waals surface area contributed by atoms with Gasteiger partial charge in [-0.1, -0.05) is 0 Å². The second kappa shape index (κ2) is 5.87. The van der Waals surface area contributed by atoms with Crippen LogP contribution in [0.25, 0.3) is 0 Å². The summed E-state index contributed by atoms with van der Waals surface area (Å²) in [6, 6.07) is 2.57. The molecular formula is C15H22F2N2O2. The summed E-state index contributed by atoms with van der Waals surface area (Å²) >= 11 is 0. The molecule has 2 rings (SSSR count). The van der Waals surface area contributed by atoms with Crippen molar-refractivity contribution in [1.29, 1.82) is 0 Å². The van der Waals surface area contributed by atoms with Crippen LogP contribution in [0.15, 0.2) is 12.1 Å². The van der Waals surface area contributed by atoms with Crippen LogP contribution in [0, 0.1) is 11.6 Å². The zero-order valence-electron chi connectivity index (χ0n) is 12.5. The quantitative estimate of drug-likeness (QED) is 0.790. The van der Waals surface area contributed by atoms with Gasteiger partial charge in [-0.2, -0.15) is 0 Å². The summed E-state index contributed by atoms with van der Waals surface area (Å²) in [5, 5.41) is 22.2. The number of β-amino-alcohol motifs (C(OH)–C–C–N with tert-alkyl or cyclic N) is 2. The van der Waals surface area contributed by atoms with Crippen molar-refractivity contribution in [2.75, 3.05) is 18.0 Å². The molecule has 0 spiro atoms. The van der Waals surface area contributed by atoms with Crippen molar-refractivity contribution in [2.45, 2.75) is 45.1 Å². The molecule has 0 amide bonds. The molecule has 1 fully saturated rings. The molecule has 0 aromatic heterocycles. The van der Waals surface area contributed by atoms with E-state index < -0.39 is 23.8 Å². The maximum Gasteiger partial charge on any atom is 0.149 e. The molecule has 21 heavy (non-hydrogen) atoms. The van der Waals surface area contributed by atoms with E-state index in [4.69, 9.17) is 0 Å². The zero-order valence-corrected chi connectivity index (χ0v) is 12.5. The lowest BCUT2D eigenvalue weighted by Crippen LogP contribution is -2.35. The maximum atomic E-state index is 14.2. The molecule has 0 bridgehead atoms. The summed E-state index contributed by atoms with van der Waals surface area (Å²) in [6.45, 7) is 6.33.